The third-order valence-corrected chi connectivity index (χ3v) is 2.06. The molecule has 80 valence electrons. The van der Waals surface area contributed by atoms with Gasteiger partial charge in [-0.2, -0.15) is 10.4 Å². The third kappa shape index (κ3) is 1.48. The summed E-state index contributed by atoms with van der Waals surface area (Å²) in [6.45, 7) is 0. The van der Waals surface area contributed by atoms with Crippen LogP contribution in [0.2, 0.25) is 0 Å². The SMILES string of the molecule is N#Cc1cnn(-c2cc(F)ccc2F)c1N. The average molecular weight is 220 g/mol. The van der Waals surface area contributed by atoms with Crippen LogP contribution in [0.5, 0.6) is 0 Å². The highest BCUT2D eigenvalue weighted by atomic mass is 19.1. The predicted octanol–water partition coefficient (Wildman–Crippen LogP) is 1.60. The van der Waals surface area contributed by atoms with Crippen LogP contribution < -0.4 is 5.73 Å². The number of aromatic nitrogens is 2. The molecule has 0 saturated heterocycles. The van der Waals surface area contributed by atoms with E-state index in [0.29, 0.717) is 0 Å². The molecule has 16 heavy (non-hydrogen) atoms. The fraction of sp³-hybridized carbons (Fsp3) is 0. The minimum Gasteiger partial charge on any atom is -0.382 e. The Hall–Kier alpha value is -2.42. The number of anilines is 1. The lowest BCUT2D eigenvalue weighted by Gasteiger charge is -2.05. The lowest BCUT2D eigenvalue weighted by atomic mass is 10.3. The minimum atomic E-state index is -0.666. The molecule has 4 nitrogen and oxygen atoms in total. The van der Waals surface area contributed by atoms with E-state index in [1.807, 2.05) is 0 Å². The van der Waals surface area contributed by atoms with Gasteiger partial charge in [0, 0.05) is 6.07 Å². The van der Waals surface area contributed by atoms with Crippen molar-refractivity contribution in [3.05, 3.63) is 41.6 Å². The fourth-order valence-corrected chi connectivity index (χ4v) is 1.28. The van der Waals surface area contributed by atoms with Gasteiger partial charge in [-0.15, -0.1) is 0 Å². The van der Waals surface area contributed by atoms with Gasteiger partial charge in [0.1, 0.15) is 34.8 Å². The van der Waals surface area contributed by atoms with Gasteiger partial charge >= 0.3 is 0 Å². The first-order valence-electron chi connectivity index (χ1n) is 4.32. The van der Waals surface area contributed by atoms with E-state index in [4.69, 9.17) is 11.0 Å². The van der Waals surface area contributed by atoms with Crippen LogP contribution in [0, 0.1) is 23.0 Å². The average Bonchev–Trinajstić information content (AvgIpc) is 2.63. The first-order chi connectivity index (χ1) is 7.63. The molecular weight excluding hydrogens is 214 g/mol. The molecule has 0 aliphatic carbocycles. The maximum Gasteiger partial charge on any atom is 0.149 e. The van der Waals surface area contributed by atoms with Crippen molar-refractivity contribution in [1.29, 1.82) is 5.26 Å². The van der Waals surface area contributed by atoms with E-state index in [1.54, 1.807) is 6.07 Å². The second-order valence-corrected chi connectivity index (χ2v) is 3.06. The maximum atomic E-state index is 13.4. The zero-order valence-electron chi connectivity index (χ0n) is 7.98. The number of hydrogen-bond acceptors (Lipinski definition) is 3. The van der Waals surface area contributed by atoms with E-state index in [-0.39, 0.29) is 17.1 Å². The van der Waals surface area contributed by atoms with Crippen LogP contribution in [0.1, 0.15) is 5.56 Å². The Labute approximate surface area is 89.5 Å². The van der Waals surface area contributed by atoms with Gasteiger partial charge in [-0.1, -0.05) is 0 Å². The Balaban J connectivity index is 2.64. The number of rotatable bonds is 1. The number of benzene rings is 1. The molecule has 0 fully saturated rings. The Kier molecular flexibility index (Phi) is 2.29. The standard InChI is InChI=1S/C10H6F2N4/c11-7-1-2-8(12)9(3-7)16-10(14)6(4-13)5-15-16/h1-3,5H,14H2. The highest BCUT2D eigenvalue weighted by Crippen LogP contribution is 2.19. The topological polar surface area (TPSA) is 67.6 Å². The molecule has 1 aromatic carbocycles. The molecule has 2 aromatic rings. The van der Waals surface area contributed by atoms with E-state index in [2.05, 4.69) is 5.10 Å². The van der Waals surface area contributed by atoms with Crippen LogP contribution >= 0.6 is 0 Å². The molecule has 0 saturated carbocycles. The molecule has 1 heterocycles. The van der Waals surface area contributed by atoms with Crippen molar-refractivity contribution in [3.8, 4) is 11.8 Å². The highest BCUT2D eigenvalue weighted by Gasteiger charge is 2.12. The molecule has 6 heteroatoms. The number of hydrogen-bond donors (Lipinski definition) is 1. The first kappa shape index (κ1) is 10.1. The Morgan fingerprint density at radius 2 is 2.12 bits per heavy atom. The molecule has 0 radical (unpaired) electrons. The van der Waals surface area contributed by atoms with Crippen molar-refractivity contribution < 1.29 is 8.78 Å². The van der Waals surface area contributed by atoms with E-state index in [0.717, 1.165) is 22.9 Å². The summed E-state index contributed by atoms with van der Waals surface area (Å²) < 4.78 is 27.3. The summed E-state index contributed by atoms with van der Waals surface area (Å²) in [4.78, 5) is 0. The molecular formula is C10H6F2N4. The molecule has 0 atom stereocenters. The third-order valence-electron chi connectivity index (χ3n) is 2.06. The van der Waals surface area contributed by atoms with E-state index in [1.165, 1.54) is 6.20 Å². The largest absolute Gasteiger partial charge is 0.382 e. The summed E-state index contributed by atoms with van der Waals surface area (Å²) in [6.07, 6.45) is 1.19. The number of nitriles is 1. The lowest BCUT2D eigenvalue weighted by molar-refractivity contribution is 0.587. The van der Waals surface area contributed by atoms with Crippen LogP contribution in [0.15, 0.2) is 24.4 Å². The van der Waals surface area contributed by atoms with Crippen LogP contribution in [0.25, 0.3) is 5.69 Å². The van der Waals surface area contributed by atoms with Crippen molar-refractivity contribution in [2.75, 3.05) is 5.73 Å². The molecule has 0 unspecified atom stereocenters. The quantitative estimate of drug-likeness (QED) is 0.793. The maximum absolute atomic E-state index is 13.4. The predicted molar refractivity (Wildman–Crippen MR) is 52.6 cm³/mol. The lowest BCUT2D eigenvalue weighted by Crippen LogP contribution is -2.05. The summed E-state index contributed by atoms with van der Waals surface area (Å²) in [7, 11) is 0. The van der Waals surface area contributed by atoms with Crippen molar-refractivity contribution in [2.45, 2.75) is 0 Å². The van der Waals surface area contributed by atoms with Crippen molar-refractivity contribution in [1.82, 2.24) is 9.78 Å². The van der Waals surface area contributed by atoms with Crippen LogP contribution in [0.3, 0.4) is 0 Å². The monoisotopic (exact) mass is 220 g/mol. The number of nitrogen functional groups attached to an aromatic ring is 1. The van der Waals surface area contributed by atoms with Gasteiger partial charge in [0.15, 0.2) is 0 Å². The molecule has 0 spiro atoms. The minimum absolute atomic E-state index is 0.0213. The zero-order chi connectivity index (χ0) is 11.7. The van der Waals surface area contributed by atoms with Gasteiger partial charge in [0.05, 0.1) is 6.20 Å². The van der Waals surface area contributed by atoms with Gasteiger partial charge in [0.2, 0.25) is 0 Å². The molecule has 0 aliphatic rings. The molecule has 2 N–H and O–H groups in total. The van der Waals surface area contributed by atoms with Gasteiger partial charge < -0.3 is 5.73 Å². The van der Waals surface area contributed by atoms with Gasteiger partial charge in [-0.3, -0.25) is 0 Å². The van der Waals surface area contributed by atoms with E-state index >= 15 is 0 Å². The zero-order valence-corrected chi connectivity index (χ0v) is 7.98. The van der Waals surface area contributed by atoms with Crippen LogP contribution in [0.4, 0.5) is 14.6 Å². The van der Waals surface area contributed by atoms with E-state index < -0.39 is 11.6 Å². The van der Waals surface area contributed by atoms with Crippen molar-refractivity contribution >= 4 is 5.82 Å². The Morgan fingerprint density at radius 3 is 2.75 bits per heavy atom. The Morgan fingerprint density at radius 1 is 1.38 bits per heavy atom. The van der Waals surface area contributed by atoms with Crippen molar-refractivity contribution in [2.24, 2.45) is 0 Å². The smallest absolute Gasteiger partial charge is 0.149 e. The summed E-state index contributed by atoms with van der Waals surface area (Å²) >= 11 is 0. The first-order valence-corrected chi connectivity index (χ1v) is 4.32. The molecule has 0 amide bonds. The number of halogens is 2. The van der Waals surface area contributed by atoms with Gasteiger partial charge in [0.25, 0.3) is 0 Å². The number of nitrogens with two attached hydrogens (primary N) is 1. The Bertz CT molecular complexity index is 583. The fourth-order valence-electron chi connectivity index (χ4n) is 1.28. The van der Waals surface area contributed by atoms with Gasteiger partial charge in [-0.05, 0) is 12.1 Å². The van der Waals surface area contributed by atoms with E-state index in [9.17, 15) is 8.78 Å². The molecule has 0 bridgehead atoms. The molecule has 2 rings (SSSR count). The van der Waals surface area contributed by atoms with Crippen LogP contribution in [-0.4, -0.2) is 9.78 Å². The van der Waals surface area contributed by atoms with Crippen LogP contribution in [-0.2, 0) is 0 Å². The summed E-state index contributed by atoms with van der Waals surface area (Å²) in [5, 5.41) is 12.4. The molecule has 1 aromatic heterocycles. The second-order valence-electron chi connectivity index (χ2n) is 3.06. The summed E-state index contributed by atoms with van der Waals surface area (Å²) in [6, 6.07) is 4.71. The number of nitrogens with zero attached hydrogens (tertiary/aromatic N) is 3. The summed E-state index contributed by atoms with van der Waals surface area (Å²) in [5.74, 6) is -1.29. The second kappa shape index (κ2) is 3.62. The van der Waals surface area contributed by atoms with Crippen molar-refractivity contribution in [3.63, 3.8) is 0 Å². The van der Waals surface area contributed by atoms with Gasteiger partial charge in [-0.25, -0.2) is 13.5 Å². The molecule has 0 aliphatic heterocycles. The summed E-state index contributed by atoms with van der Waals surface area (Å²) in [5.41, 5.74) is 5.54. The highest BCUT2D eigenvalue weighted by molar-refractivity contribution is 5.52. The normalized spacial score (nSPS) is 10.1.